The van der Waals surface area contributed by atoms with Crippen molar-refractivity contribution in [2.24, 2.45) is 0 Å². The highest BCUT2D eigenvalue weighted by Gasteiger charge is 2.46. The summed E-state index contributed by atoms with van der Waals surface area (Å²) in [6.45, 7) is 0.114. The molecule has 1 amide bonds. The molecule has 1 unspecified atom stereocenters. The van der Waals surface area contributed by atoms with Gasteiger partial charge in [-0.2, -0.15) is 0 Å². The molecule has 0 radical (unpaired) electrons. The number of aliphatic hydroxyl groups is 1. The van der Waals surface area contributed by atoms with Gasteiger partial charge in [0, 0.05) is 30.4 Å². The van der Waals surface area contributed by atoms with Crippen molar-refractivity contribution < 1.29 is 24.0 Å². The fraction of sp³-hybridized carbons (Fsp3) is 0.125. The van der Waals surface area contributed by atoms with Crippen LogP contribution in [-0.2, 0) is 16.0 Å². The Hall–Kier alpha value is -4.40. The number of ketones is 1. The highest BCUT2D eigenvalue weighted by Crippen LogP contribution is 2.39. The summed E-state index contributed by atoms with van der Waals surface area (Å²) < 4.78 is 13.2. The number of non-ortho nitro benzene ring substituents is 1. The zero-order chi connectivity index (χ0) is 23.5. The number of nitro groups is 1. The predicted molar refractivity (Wildman–Crippen MR) is 116 cm³/mol. The number of carbonyl (C=O) groups excluding carboxylic acids is 2. The first-order chi connectivity index (χ1) is 15.9. The molecule has 1 aliphatic heterocycles. The van der Waals surface area contributed by atoms with Crippen LogP contribution in [0.15, 0.2) is 78.5 Å². The molecular formula is C24H18FN3O5. The van der Waals surface area contributed by atoms with E-state index < -0.39 is 28.4 Å². The van der Waals surface area contributed by atoms with E-state index in [0.29, 0.717) is 12.1 Å². The third kappa shape index (κ3) is 4.33. The van der Waals surface area contributed by atoms with Crippen LogP contribution in [0.4, 0.5) is 10.1 Å². The van der Waals surface area contributed by atoms with Crippen molar-refractivity contribution in [1.29, 1.82) is 0 Å². The summed E-state index contributed by atoms with van der Waals surface area (Å²) in [4.78, 5) is 42.0. The molecule has 1 saturated heterocycles. The third-order valence-electron chi connectivity index (χ3n) is 5.39. The fourth-order valence-electron chi connectivity index (χ4n) is 3.78. The van der Waals surface area contributed by atoms with Crippen LogP contribution >= 0.6 is 0 Å². The van der Waals surface area contributed by atoms with Crippen LogP contribution in [0.1, 0.15) is 22.9 Å². The van der Waals surface area contributed by atoms with Crippen LogP contribution in [0.25, 0.3) is 5.76 Å². The van der Waals surface area contributed by atoms with Gasteiger partial charge in [0.25, 0.3) is 17.4 Å². The molecule has 0 saturated carbocycles. The summed E-state index contributed by atoms with van der Waals surface area (Å²) in [6.07, 6.45) is 1.84. The average molecular weight is 447 g/mol. The van der Waals surface area contributed by atoms with Crippen molar-refractivity contribution in [3.05, 3.63) is 111 Å². The van der Waals surface area contributed by atoms with E-state index in [-0.39, 0.29) is 29.2 Å². The second-order valence-electron chi connectivity index (χ2n) is 7.43. The lowest BCUT2D eigenvalue weighted by atomic mass is 9.98. The monoisotopic (exact) mass is 447 g/mol. The molecule has 0 bridgehead atoms. The molecule has 1 fully saturated rings. The van der Waals surface area contributed by atoms with Gasteiger partial charge >= 0.3 is 0 Å². The second kappa shape index (κ2) is 8.99. The van der Waals surface area contributed by atoms with E-state index >= 15 is 0 Å². The zero-order valence-corrected chi connectivity index (χ0v) is 17.2. The van der Waals surface area contributed by atoms with Gasteiger partial charge < -0.3 is 10.0 Å². The minimum absolute atomic E-state index is 0.0432. The standard InChI is InChI=1S/C24H18FN3O5/c25-17-9-7-15(8-10-17)11-13-27-21(19-6-1-2-12-26-19)20(23(30)24(27)31)22(29)16-4-3-5-18(14-16)28(32)33/h1-10,12,14,21,29H,11,13H2/b22-20-. The van der Waals surface area contributed by atoms with E-state index in [9.17, 15) is 29.2 Å². The summed E-state index contributed by atoms with van der Waals surface area (Å²) in [7, 11) is 0. The molecule has 2 aromatic carbocycles. The Labute approximate surface area is 187 Å². The van der Waals surface area contributed by atoms with Gasteiger partial charge in [0.05, 0.1) is 16.2 Å². The highest BCUT2D eigenvalue weighted by molar-refractivity contribution is 6.46. The molecule has 1 N–H and O–H groups in total. The molecule has 8 nitrogen and oxygen atoms in total. The molecule has 33 heavy (non-hydrogen) atoms. The predicted octanol–water partition coefficient (Wildman–Crippen LogP) is 3.79. The largest absolute Gasteiger partial charge is 0.507 e. The smallest absolute Gasteiger partial charge is 0.295 e. The number of carbonyl (C=O) groups is 2. The van der Waals surface area contributed by atoms with Gasteiger partial charge in [-0.25, -0.2) is 4.39 Å². The molecule has 1 aliphatic rings. The van der Waals surface area contributed by atoms with Gasteiger partial charge in [0.15, 0.2) is 0 Å². The second-order valence-corrected chi connectivity index (χ2v) is 7.43. The Morgan fingerprint density at radius 1 is 1.09 bits per heavy atom. The summed E-state index contributed by atoms with van der Waals surface area (Å²) in [5.41, 5.74) is 0.707. The molecule has 9 heteroatoms. The van der Waals surface area contributed by atoms with Gasteiger partial charge in [-0.3, -0.25) is 24.7 Å². The third-order valence-corrected chi connectivity index (χ3v) is 5.39. The maximum atomic E-state index is 13.2. The van der Waals surface area contributed by atoms with Gasteiger partial charge in [-0.05, 0) is 36.2 Å². The van der Waals surface area contributed by atoms with E-state index in [4.69, 9.17) is 0 Å². The van der Waals surface area contributed by atoms with Crippen LogP contribution in [-0.4, -0.2) is 38.1 Å². The summed E-state index contributed by atoms with van der Waals surface area (Å²) in [5, 5.41) is 22.1. The molecule has 2 heterocycles. The molecule has 3 aromatic rings. The van der Waals surface area contributed by atoms with Crippen molar-refractivity contribution in [1.82, 2.24) is 9.88 Å². The first-order valence-corrected chi connectivity index (χ1v) is 10.1. The molecule has 1 aromatic heterocycles. The van der Waals surface area contributed by atoms with E-state index in [0.717, 1.165) is 11.6 Å². The molecule has 0 spiro atoms. The SMILES string of the molecule is O=C1C(=O)N(CCc2ccc(F)cc2)C(c2ccccn2)/C1=C(/O)c1cccc([N+](=O)[O-])c1. The van der Waals surface area contributed by atoms with Gasteiger partial charge in [-0.1, -0.05) is 30.3 Å². The first kappa shape index (κ1) is 21.8. The van der Waals surface area contributed by atoms with Gasteiger partial charge in [0.2, 0.25) is 0 Å². The van der Waals surface area contributed by atoms with Crippen LogP contribution in [0.2, 0.25) is 0 Å². The number of nitro benzene ring substituents is 1. The van der Waals surface area contributed by atoms with E-state index in [1.807, 2.05) is 0 Å². The summed E-state index contributed by atoms with van der Waals surface area (Å²) in [6, 6.07) is 15.0. The number of pyridine rings is 1. The van der Waals surface area contributed by atoms with Crippen LogP contribution in [0.5, 0.6) is 0 Å². The Balaban J connectivity index is 1.77. The maximum Gasteiger partial charge on any atom is 0.295 e. The number of benzene rings is 2. The molecule has 0 aliphatic carbocycles. The number of halogens is 1. The molecule has 1 atom stereocenters. The number of amides is 1. The summed E-state index contributed by atoms with van der Waals surface area (Å²) >= 11 is 0. The fourth-order valence-corrected chi connectivity index (χ4v) is 3.78. The lowest BCUT2D eigenvalue weighted by molar-refractivity contribution is -0.384. The topological polar surface area (TPSA) is 114 Å². The lowest BCUT2D eigenvalue weighted by Crippen LogP contribution is -2.32. The number of aliphatic hydroxyl groups excluding tert-OH is 1. The minimum Gasteiger partial charge on any atom is -0.507 e. The average Bonchev–Trinajstić information content (AvgIpc) is 3.08. The number of hydrogen-bond acceptors (Lipinski definition) is 6. The van der Waals surface area contributed by atoms with Crippen LogP contribution in [0, 0.1) is 15.9 Å². The van der Waals surface area contributed by atoms with Crippen molar-refractivity contribution in [2.75, 3.05) is 6.54 Å². The van der Waals surface area contributed by atoms with Crippen molar-refractivity contribution in [3.8, 4) is 0 Å². The van der Waals surface area contributed by atoms with Crippen molar-refractivity contribution >= 4 is 23.1 Å². The Morgan fingerprint density at radius 2 is 1.85 bits per heavy atom. The summed E-state index contributed by atoms with van der Waals surface area (Å²) in [5.74, 6) is -2.63. The number of rotatable bonds is 6. The Bertz CT molecular complexity index is 1260. The molecule has 166 valence electrons. The van der Waals surface area contributed by atoms with Crippen molar-refractivity contribution in [2.45, 2.75) is 12.5 Å². The van der Waals surface area contributed by atoms with E-state index in [2.05, 4.69) is 4.98 Å². The van der Waals surface area contributed by atoms with Crippen LogP contribution in [0.3, 0.4) is 0 Å². The van der Waals surface area contributed by atoms with Crippen LogP contribution < -0.4 is 0 Å². The maximum absolute atomic E-state index is 13.2. The normalized spacial score (nSPS) is 17.4. The van der Waals surface area contributed by atoms with E-state index in [1.165, 1.54) is 41.4 Å². The Morgan fingerprint density at radius 3 is 2.52 bits per heavy atom. The molecule has 4 rings (SSSR count). The number of aromatic nitrogens is 1. The Kier molecular flexibility index (Phi) is 5.95. The number of hydrogen-bond donors (Lipinski definition) is 1. The van der Waals surface area contributed by atoms with E-state index in [1.54, 1.807) is 30.3 Å². The first-order valence-electron chi connectivity index (χ1n) is 10.1. The zero-order valence-electron chi connectivity index (χ0n) is 17.2. The van der Waals surface area contributed by atoms with Gasteiger partial charge in [-0.15, -0.1) is 0 Å². The highest BCUT2D eigenvalue weighted by atomic mass is 19.1. The number of likely N-dealkylation sites (tertiary alicyclic amines) is 1. The van der Waals surface area contributed by atoms with Gasteiger partial charge in [0.1, 0.15) is 17.6 Å². The lowest BCUT2D eigenvalue weighted by Gasteiger charge is -2.24. The quantitative estimate of drug-likeness (QED) is 0.202. The number of Topliss-reactive ketones (excluding diaryl/α,β-unsaturated/α-hetero) is 1. The minimum atomic E-state index is -0.981. The number of nitrogens with zero attached hydrogens (tertiary/aromatic N) is 3. The van der Waals surface area contributed by atoms with Crippen molar-refractivity contribution in [3.63, 3.8) is 0 Å². The molecular weight excluding hydrogens is 429 g/mol.